The van der Waals surface area contributed by atoms with Crippen LogP contribution in [-0.4, -0.2) is 91.0 Å². The summed E-state index contributed by atoms with van der Waals surface area (Å²) in [5, 5.41) is 16.8. The zero-order valence-corrected chi connectivity index (χ0v) is 20.8. The molecule has 0 aliphatic carbocycles. The van der Waals surface area contributed by atoms with Crippen LogP contribution in [0.3, 0.4) is 0 Å². The fraction of sp³-hybridized carbons (Fsp3) is 0.783. The highest BCUT2D eigenvalue weighted by atomic mass is 19.4. The second-order valence-electron chi connectivity index (χ2n) is 11.1. The maximum absolute atomic E-state index is 13.6. The van der Waals surface area contributed by atoms with Crippen molar-refractivity contribution in [2.45, 2.75) is 57.9 Å². The highest BCUT2D eigenvalue weighted by Crippen LogP contribution is 2.37. The van der Waals surface area contributed by atoms with Crippen LogP contribution in [-0.2, 0) is 19.2 Å². The van der Waals surface area contributed by atoms with Crippen LogP contribution in [0.25, 0.3) is 0 Å². The number of carbonyl (C=O) groups is 4. The van der Waals surface area contributed by atoms with E-state index in [1.807, 2.05) is 23.3 Å². The second kappa shape index (κ2) is 10.2. The fourth-order valence-electron chi connectivity index (χ4n) is 5.41. The first-order valence-corrected chi connectivity index (χ1v) is 12.0. The van der Waals surface area contributed by atoms with Crippen LogP contribution in [0.1, 0.15) is 33.6 Å². The third-order valence-electron chi connectivity index (χ3n) is 7.20. The summed E-state index contributed by atoms with van der Waals surface area (Å²) in [5.41, 5.74) is -1.07. The van der Waals surface area contributed by atoms with Gasteiger partial charge in [0.1, 0.15) is 18.1 Å². The van der Waals surface area contributed by atoms with Gasteiger partial charge in [-0.05, 0) is 31.2 Å². The zero-order valence-electron chi connectivity index (χ0n) is 20.8. The third-order valence-corrected chi connectivity index (χ3v) is 7.20. The first-order chi connectivity index (χ1) is 16.6. The number of nitriles is 1. The maximum atomic E-state index is 13.6. The largest absolute Gasteiger partial charge is 0.471 e. The molecule has 3 rings (SSSR count). The van der Waals surface area contributed by atoms with Crippen molar-refractivity contribution in [2.24, 2.45) is 23.2 Å². The van der Waals surface area contributed by atoms with E-state index in [1.54, 1.807) is 0 Å². The predicted octanol–water partition coefficient (Wildman–Crippen LogP) is 0.00278. The van der Waals surface area contributed by atoms with Crippen LogP contribution in [0.2, 0.25) is 0 Å². The third kappa shape index (κ3) is 5.91. The molecule has 0 saturated carbocycles. The number of carbonyl (C=O) groups excluding carboxylic acids is 4. The highest BCUT2D eigenvalue weighted by Gasteiger charge is 2.54. The van der Waals surface area contributed by atoms with Crippen molar-refractivity contribution >= 4 is 23.6 Å². The van der Waals surface area contributed by atoms with Gasteiger partial charge in [-0.15, -0.1) is 0 Å². The molecule has 3 aliphatic heterocycles. The van der Waals surface area contributed by atoms with Gasteiger partial charge in [-0.1, -0.05) is 20.8 Å². The van der Waals surface area contributed by atoms with Gasteiger partial charge in [-0.25, -0.2) is 0 Å². The molecular formula is C23H33F3N6O4. The van der Waals surface area contributed by atoms with E-state index in [4.69, 9.17) is 0 Å². The minimum Gasteiger partial charge on any atom is -0.356 e. The molecule has 3 fully saturated rings. The Morgan fingerprint density at radius 2 is 1.83 bits per heavy atom. The normalized spacial score (nSPS) is 28.2. The Morgan fingerprint density at radius 1 is 1.17 bits per heavy atom. The Balaban J connectivity index is 1.83. The number of fused-ring (bicyclic) bond motifs is 1. The molecule has 3 heterocycles. The fourth-order valence-corrected chi connectivity index (χ4v) is 5.41. The first-order valence-electron chi connectivity index (χ1n) is 12.0. The summed E-state index contributed by atoms with van der Waals surface area (Å²) in [6.45, 7) is 6.32. The molecule has 0 bridgehead atoms. The van der Waals surface area contributed by atoms with Gasteiger partial charge in [0.15, 0.2) is 0 Å². The van der Waals surface area contributed by atoms with Crippen molar-refractivity contribution in [3.8, 4) is 6.07 Å². The predicted molar refractivity (Wildman–Crippen MR) is 121 cm³/mol. The summed E-state index contributed by atoms with van der Waals surface area (Å²) in [6, 6.07) is -1.51. The van der Waals surface area contributed by atoms with Crippen LogP contribution in [0.4, 0.5) is 13.2 Å². The van der Waals surface area contributed by atoms with E-state index in [2.05, 4.69) is 10.6 Å². The molecule has 6 atom stereocenters. The molecule has 0 aromatic rings. The van der Waals surface area contributed by atoms with Crippen molar-refractivity contribution in [1.82, 2.24) is 25.8 Å². The van der Waals surface area contributed by atoms with Crippen molar-refractivity contribution < 1.29 is 32.3 Å². The first kappa shape index (κ1) is 27.7. The SMILES string of the molecule is CN1C[C@H]2CN(C(=O)[C@@H](NC(=O)C(F)(F)F)C(C)(C)C)[C@H](C(=O)N[C@H](C#N)C[C@@H]3CCNC3=O)[C@H]2C1. The van der Waals surface area contributed by atoms with Crippen LogP contribution in [0.5, 0.6) is 0 Å². The molecule has 200 valence electrons. The number of halogens is 3. The van der Waals surface area contributed by atoms with Crippen LogP contribution >= 0.6 is 0 Å². The molecule has 10 nitrogen and oxygen atoms in total. The maximum Gasteiger partial charge on any atom is 0.471 e. The van der Waals surface area contributed by atoms with E-state index in [0.717, 1.165) is 0 Å². The lowest BCUT2D eigenvalue weighted by atomic mass is 9.85. The molecule has 4 amide bonds. The lowest BCUT2D eigenvalue weighted by molar-refractivity contribution is -0.176. The number of alkyl halides is 3. The molecule has 0 aromatic carbocycles. The summed E-state index contributed by atoms with van der Waals surface area (Å²) < 4.78 is 39.0. The lowest BCUT2D eigenvalue weighted by Gasteiger charge is -2.36. The molecule has 0 spiro atoms. The van der Waals surface area contributed by atoms with Crippen molar-refractivity contribution in [3.05, 3.63) is 0 Å². The van der Waals surface area contributed by atoms with E-state index < -0.39 is 53.4 Å². The molecule has 36 heavy (non-hydrogen) atoms. The van der Waals surface area contributed by atoms with Crippen LogP contribution in [0.15, 0.2) is 0 Å². The lowest BCUT2D eigenvalue weighted by Crippen LogP contribution is -2.60. The summed E-state index contributed by atoms with van der Waals surface area (Å²) in [7, 11) is 1.87. The van der Waals surface area contributed by atoms with E-state index in [9.17, 15) is 37.6 Å². The molecule has 13 heteroatoms. The van der Waals surface area contributed by atoms with Crippen LogP contribution in [0, 0.1) is 34.5 Å². The Morgan fingerprint density at radius 3 is 2.36 bits per heavy atom. The van der Waals surface area contributed by atoms with Gasteiger partial charge >= 0.3 is 12.1 Å². The van der Waals surface area contributed by atoms with E-state index in [-0.39, 0.29) is 30.7 Å². The quantitative estimate of drug-likeness (QED) is 0.457. The number of likely N-dealkylation sites (tertiary alicyclic amines) is 2. The standard InChI is InChI=1S/C23H33F3N6O4/c1-22(2,3)17(30-21(36)23(24,25)26)20(35)32-10-13-9-31(4)11-15(13)16(32)19(34)29-14(8-27)7-12-5-6-28-18(12)33/h12-17H,5-7,9-11H2,1-4H3,(H,28,33)(H,29,34)(H,30,36)/t12-,13-,14-,15-,16-,17+/m0/s1. The summed E-state index contributed by atoms with van der Waals surface area (Å²) >= 11 is 0. The summed E-state index contributed by atoms with van der Waals surface area (Å²) in [5.74, 6) is -4.57. The minimum absolute atomic E-state index is 0.0882. The van der Waals surface area contributed by atoms with E-state index in [1.165, 1.54) is 25.7 Å². The number of nitrogens with zero attached hydrogens (tertiary/aromatic N) is 3. The smallest absolute Gasteiger partial charge is 0.356 e. The summed E-state index contributed by atoms with van der Waals surface area (Å²) in [6.07, 6.45) is -4.51. The van der Waals surface area contributed by atoms with Gasteiger partial charge in [0.25, 0.3) is 0 Å². The molecule has 0 radical (unpaired) electrons. The molecule has 0 aromatic heterocycles. The molecule has 3 N–H and O–H groups in total. The average Bonchev–Trinajstić information content (AvgIpc) is 3.42. The number of nitrogens with one attached hydrogen (secondary N) is 3. The van der Waals surface area contributed by atoms with Gasteiger partial charge in [-0.2, -0.15) is 18.4 Å². The molecule has 3 saturated heterocycles. The minimum atomic E-state index is -5.17. The zero-order chi connectivity index (χ0) is 27.0. The average molecular weight is 515 g/mol. The van der Waals surface area contributed by atoms with Crippen LogP contribution < -0.4 is 16.0 Å². The van der Waals surface area contributed by atoms with Gasteiger partial charge in [-0.3, -0.25) is 19.2 Å². The molecular weight excluding hydrogens is 481 g/mol. The van der Waals surface area contributed by atoms with Crippen molar-refractivity contribution in [3.63, 3.8) is 0 Å². The number of hydrogen-bond acceptors (Lipinski definition) is 6. The Bertz CT molecular complexity index is 944. The molecule has 0 unspecified atom stereocenters. The van der Waals surface area contributed by atoms with Gasteiger partial charge in [0, 0.05) is 38.0 Å². The summed E-state index contributed by atoms with van der Waals surface area (Å²) in [4.78, 5) is 53.9. The number of rotatable bonds is 6. The monoisotopic (exact) mass is 514 g/mol. The Kier molecular flexibility index (Phi) is 7.88. The topological polar surface area (TPSA) is 135 Å². The Hall–Kier alpha value is -2.88. The van der Waals surface area contributed by atoms with Gasteiger partial charge < -0.3 is 25.8 Å². The number of amides is 4. The van der Waals surface area contributed by atoms with E-state index in [0.29, 0.717) is 26.1 Å². The molecule has 3 aliphatic rings. The highest BCUT2D eigenvalue weighted by molar-refractivity contribution is 5.94. The second-order valence-corrected chi connectivity index (χ2v) is 11.1. The van der Waals surface area contributed by atoms with E-state index >= 15 is 0 Å². The van der Waals surface area contributed by atoms with Gasteiger partial charge in [0.2, 0.25) is 17.7 Å². The Labute approximate surface area is 207 Å². The van der Waals surface area contributed by atoms with Crippen molar-refractivity contribution in [1.29, 1.82) is 5.26 Å². The van der Waals surface area contributed by atoms with Crippen molar-refractivity contribution in [2.75, 3.05) is 33.2 Å². The van der Waals surface area contributed by atoms with Gasteiger partial charge in [0.05, 0.1) is 6.07 Å². The number of hydrogen-bond donors (Lipinski definition) is 3.